The fraction of sp³-hybridized carbons (Fsp3) is 0.286. The quantitative estimate of drug-likeness (QED) is 0.611. The number of nitrogens with zero attached hydrogens (tertiary/aromatic N) is 4. The predicted octanol–water partition coefficient (Wildman–Crippen LogP) is 3.02. The maximum Gasteiger partial charge on any atom is 0.248 e. The normalized spacial score (nSPS) is 17.4. The van der Waals surface area contributed by atoms with Gasteiger partial charge in [0.15, 0.2) is 0 Å². The molecule has 1 aliphatic rings. The Labute approximate surface area is 185 Å². The average molecular weight is 460 g/mol. The van der Waals surface area contributed by atoms with Gasteiger partial charge in [0.25, 0.3) is 0 Å². The van der Waals surface area contributed by atoms with Crippen molar-refractivity contribution in [1.29, 1.82) is 0 Å². The summed E-state index contributed by atoms with van der Waals surface area (Å²) in [5.41, 5.74) is 1.07. The van der Waals surface area contributed by atoms with E-state index in [1.807, 2.05) is 30.3 Å². The largest absolute Gasteiger partial charge is 0.293 e. The maximum absolute atomic E-state index is 12.9. The first kappa shape index (κ1) is 21.5. The summed E-state index contributed by atoms with van der Waals surface area (Å²) in [6.45, 7) is 1.03. The lowest BCUT2D eigenvalue weighted by molar-refractivity contribution is -0.120. The third-order valence-electron chi connectivity index (χ3n) is 5.17. The van der Waals surface area contributed by atoms with E-state index in [1.54, 1.807) is 23.1 Å². The first-order valence-electron chi connectivity index (χ1n) is 9.92. The highest BCUT2D eigenvalue weighted by molar-refractivity contribution is 7.89. The van der Waals surface area contributed by atoms with Crippen molar-refractivity contribution in [3.05, 3.63) is 71.5 Å². The molecule has 0 radical (unpaired) electrons. The Balaban J connectivity index is 1.39. The number of hydrogen-bond donors (Lipinski definition) is 1. The fourth-order valence-electron chi connectivity index (χ4n) is 3.54. The molecule has 10 heteroatoms. The molecule has 4 rings (SSSR count). The van der Waals surface area contributed by atoms with E-state index in [4.69, 9.17) is 11.6 Å². The lowest BCUT2D eigenvalue weighted by Gasteiger charge is -2.31. The summed E-state index contributed by atoms with van der Waals surface area (Å²) in [5.74, 6) is -0.552. The van der Waals surface area contributed by atoms with Gasteiger partial charge in [0.1, 0.15) is 6.33 Å². The van der Waals surface area contributed by atoms with Crippen LogP contribution in [0.1, 0.15) is 18.4 Å². The van der Waals surface area contributed by atoms with Crippen LogP contribution in [0.5, 0.6) is 0 Å². The van der Waals surface area contributed by atoms with Gasteiger partial charge in [-0.15, -0.1) is 5.10 Å². The molecule has 1 amide bonds. The Hall–Kier alpha value is -2.75. The smallest absolute Gasteiger partial charge is 0.248 e. The monoisotopic (exact) mass is 459 g/mol. The molecule has 1 atom stereocenters. The van der Waals surface area contributed by atoms with E-state index < -0.39 is 15.9 Å². The molecular weight excluding hydrogens is 438 g/mol. The van der Waals surface area contributed by atoms with Crippen molar-refractivity contribution in [2.75, 3.05) is 18.4 Å². The van der Waals surface area contributed by atoms with Crippen LogP contribution in [0.2, 0.25) is 5.02 Å². The van der Waals surface area contributed by atoms with Gasteiger partial charge in [-0.3, -0.25) is 10.1 Å². The van der Waals surface area contributed by atoms with E-state index in [0.29, 0.717) is 31.0 Å². The summed E-state index contributed by atoms with van der Waals surface area (Å²) in [7, 11) is -3.69. The van der Waals surface area contributed by atoms with Crippen LogP contribution < -0.4 is 5.32 Å². The molecule has 2 heterocycles. The standard InChI is InChI=1S/C21H22ClN5O3S/c22-18-8-10-19(11-9-18)31(29,30)27-12-4-7-17(14-27)20(28)24-21-23-15-26(25-21)13-16-5-2-1-3-6-16/h1-3,5-6,8-11,15,17H,4,7,12-14H2,(H,24,25,28). The average Bonchev–Trinajstić information content (AvgIpc) is 3.21. The SMILES string of the molecule is O=C(Nc1ncn(Cc2ccccc2)n1)C1CCCN(S(=O)(=O)c2ccc(Cl)cc2)C1. The minimum Gasteiger partial charge on any atom is -0.293 e. The molecule has 0 bridgehead atoms. The van der Waals surface area contributed by atoms with Crippen molar-refractivity contribution in [2.45, 2.75) is 24.3 Å². The number of hydrogen-bond acceptors (Lipinski definition) is 5. The van der Waals surface area contributed by atoms with Crippen LogP contribution >= 0.6 is 11.6 Å². The van der Waals surface area contributed by atoms with Crippen LogP contribution in [0.4, 0.5) is 5.95 Å². The van der Waals surface area contributed by atoms with Crippen LogP contribution in [0, 0.1) is 5.92 Å². The summed E-state index contributed by atoms with van der Waals surface area (Å²) in [6.07, 6.45) is 2.75. The Morgan fingerprint density at radius 2 is 1.87 bits per heavy atom. The van der Waals surface area contributed by atoms with E-state index in [0.717, 1.165) is 5.56 Å². The molecule has 1 N–H and O–H groups in total. The zero-order valence-electron chi connectivity index (χ0n) is 16.7. The third-order valence-corrected chi connectivity index (χ3v) is 7.30. The molecular formula is C21H22ClN5O3S. The van der Waals surface area contributed by atoms with Crippen molar-refractivity contribution in [2.24, 2.45) is 5.92 Å². The maximum atomic E-state index is 12.9. The highest BCUT2D eigenvalue weighted by Gasteiger charge is 2.33. The minimum atomic E-state index is -3.69. The lowest BCUT2D eigenvalue weighted by atomic mass is 9.99. The van der Waals surface area contributed by atoms with Crippen molar-refractivity contribution in [3.63, 3.8) is 0 Å². The number of sulfonamides is 1. The topological polar surface area (TPSA) is 97.2 Å². The van der Waals surface area contributed by atoms with Crippen LogP contribution in [0.3, 0.4) is 0 Å². The molecule has 3 aromatic rings. The van der Waals surface area contributed by atoms with Crippen LogP contribution in [0.15, 0.2) is 65.8 Å². The number of rotatable bonds is 6. The zero-order chi connectivity index (χ0) is 21.8. The summed E-state index contributed by atoms with van der Waals surface area (Å²) in [6, 6.07) is 15.8. The fourth-order valence-corrected chi connectivity index (χ4v) is 5.19. The Morgan fingerprint density at radius 1 is 1.13 bits per heavy atom. The summed E-state index contributed by atoms with van der Waals surface area (Å²) in [5, 5.41) is 7.48. The van der Waals surface area contributed by atoms with Crippen molar-refractivity contribution >= 4 is 33.5 Å². The summed E-state index contributed by atoms with van der Waals surface area (Å²) >= 11 is 5.86. The van der Waals surface area contributed by atoms with E-state index in [1.165, 1.54) is 16.4 Å². The molecule has 8 nitrogen and oxygen atoms in total. The minimum absolute atomic E-state index is 0.113. The van der Waals surface area contributed by atoms with E-state index in [9.17, 15) is 13.2 Å². The molecule has 0 saturated carbocycles. The Bertz CT molecular complexity index is 1150. The van der Waals surface area contributed by atoms with Gasteiger partial charge >= 0.3 is 0 Å². The summed E-state index contributed by atoms with van der Waals surface area (Å²) in [4.78, 5) is 17.1. The second kappa shape index (κ2) is 9.17. The van der Waals surface area contributed by atoms with E-state index in [-0.39, 0.29) is 23.3 Å². The number of piperidine rings is 1. The number of halogens is 1. The highest BCUT2D eigenvalue weighted by Crippen LogP contribution is 2.25. The molecule has 1 saturated heterocycles. The van der Waals surface area contributed by atoms with Gasteiger partial charge in [-0.2, -0.15) is 4.31 Å². The molecule has 0 spiro atoms. The Kier molecular flexibility index (Phi) is 6.35. The van der Waals surface area contributed by atoms with Crippen LogP contribution in [-0.2, 0) is 21.4 Å². The third kappa shape index (κ3) is 5.12. The molecule has 1 aromatic heterocycles. The van der Waals surface area contributed by atoms with Gasteiger partial charge in [0, 0.05) is 18.1 Å². The number of aromatic nitrogens is 3. The summed E-state index contributed by atoms with van der Waals surface area (Å²) < 4.78 is 28.8. The van der Waals surface area contributed by atoms with Gasteiger partial charge in [-0.25, -0.2) is 18.1 Å². The van der Waals surface area contributed by atoms with E-state index in [2.05, 4.69) is 15.4 Å². The molecule has 1 fully saturated rings. The van der Waals surface area contributed by atoms with Crippen LogP contribution in [-0.4, -0.2) is 46.5 Å². The van der Waals surface area contributed by atoms with Gasteiger partial charge in [-0.05, 0) is 42.7 Å². The molecule has 31 heavy (non-hydrogen) atoms. The van der Waals surface area contributed by atoms with Crippen LogP contribution in [0.25, 0.3) is 0 Å². The molecule has 162 valence electrons. The van der Waals surface area contributed by atoms with Gasteiger partial charge in [0.2, 0.25) is 21.9 Å². The molecule has 2 aromatic carbocycles. The molecule has 1 aliphatic heterocycles. The van der Waals surface area contributed by atoms with Gasteiger partial charge < -0.3 is 0 Å². The first-order valence-corrected chi connectivity index (χ1v) is 11.7. The van der Waals surface area contributed by atoms with Crippen molar-refractivity contribution in [1.82, 2.24) is 19.1 Å². The van der Waals surface area contributed by atoms with Gasteiger partial charge in [0.05, 0.1) is 17.4 Å². The number of carbonyl (C=O) groups excluding carboxylic acids is 1. The number of nitrogens with one attached hydrogen (secondary N) is 1. The van der Waals surface area contributed by atoms with Gasteiger partial charge in [-0.1, -0.05) is 41.9 Å². The van der Waals surface area contributed by atoms with Crippen molar-refractivity contribution < 1.29 is 13.2 Å². The zero-order valence-corrected chi connectivity index (χ0v) is 18.3. The number of carbonyl (C=O) groups is 1. The van der Waals surface area contributed by atoms with E-state index >= 15 is 0 Å². The second-order valence-electron chi connectivity index (χ2n) is 7.40. The number of benzene rings is 2. The molecule has 0 aliphatic carbocycles. The number of anilines is 1. The van der Waals surface area contributed by atoms with Crippen molar-refractivity contribution in [3.8, 4) is 0 Å². The highest BCUT2D eigenvalue weighted by atomic mass is 35.5. The Morgan fingerprint density at radius 3 is 2.61 bits per heavy atom. The second-order valence-corrected chi connectivity index (χ2v) is 9.77. The molecule has 1 unspecified atom stereocenters. The predicted molar refractivity (Wildman–Crippen MR) is 117 cm³/mol. The number of amides is 1. The first-order chi connectivity index (χ1) is 14.9. The lowest BCUT2D eigenvalue weighted by Crippen LogP contribution is -2.43.